The first-order valence-electron chi connectivity index (χ1n) is 10.0. The van der Waals surface area contributed by atoms with Gasteiger partial charge in [-0.1, -0.05) is 40.9 Å². The summed E-state index contributed by atoms with van der Waals surface area (Å²) in [5, 5.41) is 4.96. The number of nitrogens with one attached hydrogen (secondary N) is 1. The average molecular weight is 522 g/mol. The molecule has 10 heteroatoms. The molecule has 0 bridgehead atoms. The summed E-state index contributed by atoms with van der Waals surface area (Å²) in [5.41, 5.74) is 3.31. The molecule has 0 heterocycles. The van der Waals surface area contributed by atoms with E-state index in [-0.39, 0.29) is 17.4 Å². The summed E-state index contributed by atoms with van der Waals surface area (Å²) in [5.74, 6) is -0.163. The van der Waals surface area contributed by atoms with Crippen LogP contribution in [0.5, 0.6) is 17.2 Å². The van der Waals surface area contributed by atoms with E-state index < -0.39 is 11.9 Å². The molecule has 0 aromatic heterocycles. The summed E-state index contributed by atoms with van der Waals surface area (Å²) < 4.78 is 16.4. The predicted molar refractivity (Wildman–Crippen MR) is 132 cm³/mol. The minimum absolute atomic E-state index is 0.223. The van der Waals surface area contributed by atoms with Gasteiger partial charge in [0.15, 0.2) is 18.1 Å². The molecule has 0 atom stereocenters. The monoisotopic (exact) mass is 520 g/mol. The van der Waals surface area contributed by atoms with Gasteiger partial charge >= 0.3 is 5.97 Å². The van der Waals surface area contributed by atoms with Gasteiger partial charge < -0.3 is 14.2 Å². The molecule has 3 aromatic carbocycles. The lowest BCUT2D eigenvalue weighted by atomic mass is 10.2. The largest absolute Gasteiger partial charge is 0.490 e. The van der Waals surface area contributed by atoms with Crippen molar-refractivity contribution in [3.8, 4) is 17.2 Å². The zero-order valence-electron chi connectivity index (χ0n) is 17.9. The fraction of sp³-hybridized carbons (Fsp3) is 0.125. The first-order valence-corrected chi connectivity index (χ1v) is 11.1. The fourth-order valence-electron chi connectivity index (χ4n) is 2.65. The Bertz CT molecular complexity index is 1200. The van der Waals surface area contributed by atoms with E-state index >= 15 is 0 Å². The Balaban J connectivity index is 1.60. The summed E-state index contributed by atoms with van der Waals surface area (Å²) in [6, 6.07) is 16.1. The van der Waals surface area contributed by atoms with Crippen LogP contribution >= 0.6 is 34.8 Å². The van der Waals surface area contributed by atoms with E-state index in [1.807, 2.05) is 0 Å². The number of esters is 1. The Labute approximate surface area is 211 Å². The van der Waals surface area contributed by atoms with Crippen molar-refractivity contribution in [1.82, 2.24) is 5.43 Å². The Morgan fingerprint density at radius 1 is 0.941 bits per heavy atom. The van der Waals surface area contributed by atoms with Gasteiger partial charge in [0.2, 0.25) is 0 Å². The van der Waals surface area contributed by atoms with Gasteiger partial charge in [-0.3, -0.25) is 4.79 Å². The van der Waals surface area contributed by atoms with Gasteiger partial charge in [0.25, 0.3) is 5.91 Å². The van der Waals surface area contributed by atoms with Crippen LogP contribution in [-0.4, -0.2) is 31.3 Å². The van der Waals surface area contributed by atoms with Crippen LogP contribution in [0.2, 0.25) is 15.1 Å². The molecule has 176 valence electrons. The fourth-order valence-corrected chi connectivity index (χ4v) is 3.12. The van der Waals surface area contributed by atoms with Gasteiger partial charge in [-0.05, 0) is 67.1 Å². The second-order valence-corrected chi connectivity index (χ2v) is 7.89. The molecule has 0 saturated heterocycles. The normalized spacial score (nSPS) is 10.7. The molecule has 0 saturated carbocycles. The number of benzene rings is 3. The Hall–Kier alpha value is -3.26. The van der Waals surface area contributed by atoms with Crippen molar-refractivity contribution < 1.29 is 23.8 Å². The van der Waals surface area contributed by atoms with Crippen LogP contribution in [0.1, 0.15) is 22.8 Å². The van der Waals surface area contributed by atoms with Crippen molar-refractivity contribution >= 4 is 52.9 Å². The number of nitrogens with zero attached hydrogens (tertiary/aromatic N) is 1. The van der Waals surface area contributed by atoms with Crippen molar-refractivity contribution in [3.05, 3.63) is 86.9 Å². The van der Waals surface area contributed by atoms with Crippen LogP contribution in [-0.2, 0) is 4.79 Å². The zero-order valence-corrected chi connectivity index (χ0v) is 20.2. The molecule has 0 fully saturated rings. The van der Waals surface area contributed by atoms with Gasteiger partial charge in [0.05, 0.1) is 23.4 Å². The summed E-state index contributed by atoms with van der Waals surface area (Å²) >= 11 is 17.8. The minimum atomic E-state index is -0.550. The summed E-state index contributed by atoms with van der Waals surface area (Å²) in [4.78, 5) is 24.4. The third-order valence-electron chi connectivity index (χ3n) is 4.23. The number of carbonyl (C=O) groups is 2. The summed E-state index contributed by atoms with van der Waals surface area (Å²) in [6.07, 6.45) is 1.41. The Morgan fingerprint density at radius 2 is 1.71 bits per heavy atom. The number of hydrogen-bond acceptors (Lipinski definition) is 6. The highest BCUT2D eigenvalue weighted by Gasteiger charge is 2.13. The predicted octanol–water partition coefficient (Wildman–Crippen LogP) is 5.79. The highest BCUT2D eigenvalue weighted by Crippen LogP contribution is 2.31. The topological polar surface area (TPSA) is 86.2 Å². The molecule has 1 N–H and O–H groups in total. The third kappa shape index (κ3) is 7.12. The van der Waals surface area contributed by atoms with E-state index in [1.54, 1.807) is 67.6 Å². The molecular formula is C24H19Cl3N2O5. The standard InChI is InChI=1S/C24H19Cl3N2O5/c1-2-32-21-12-15(6-11-19(21)34-24(31)16-7-9-17(25)10-8-16)13-28-29-22(30)14-33-20-5-3-4-18(26)23(20)27/h3-13H,2,14H2,1H3,(H,29,30)/b28-13+. The maximum atomic E-state index is 12.4. The molecule has 0 aliphatic heterocycles. The van der Waals surface area contributed by atoms with Crippen molar-refractivity contribution in [1.29, 1.82) is 0 Å². The Morgan fingerprint density at radius 3 is 2.44 bits per heavy atom. The Kier molecular flexibility index (Phi) is 9.16. The molecule has 0 unspecified atom stereocenters. The van der Waals surface area contributed by atoms with Crippen LogP contribution in [0.25, 0.3) is 0 Å². The van der Waals surface area contributed by atoms with Crippen LogP contribution in [0, 0.1) is 0 Å². The smallest absolute Gasteiger partial charge is 0.343 e. The maximum Gasteiger partial charge on any atom is 0.343 e. The minimum Gasteiger partial charge on any atom is -0.490 e. The number of ether oxygens (including phenoxy) is 3. The van der Waals surface area contributed by atoms with E-state index in [4.69, 9.17) is 49.0 Å². The van der Waals surface area contributed by atoms with Crippen LogP contribution in [0.3, 0.4) is 0 Å². The van der Waals surface area contributed by atoms with Gasteiger partial charge in [-0.2, -0.15) is 5.10 Å². The number of hydrazone groups is 1. The first-order chi connectivity index (χ1) is 16.4. The molecule has 3 rings (SSSR count). The molecular weight excluding hydrogens is 503 g/mol. The quantitative estimate of drug-likeness (QED) is 0.167. The van der Waals surface area contributed by atoms with Crippen molar-refractivity contribution in [2.75, 3.05) is 13.2 Å². The molecule has 0 aliphatic rings. The van der Waals surface area contributed by atoms with E-state index in [1.165, 1.54) is 6.21 Å². The molecule has 0 radical (unpaired) electrons. The molecule has 1 amide bonds. The van der Waals surface area contributed by atoms with Gasteiger partial charge in [0, 0.05) is 5.02 Å². The molecule has 3 aromatic rings. The SMILES string of the molecule is CCOc1cc(/C=N/NC(=O)COc2cccc(Cl)c2Cl)ccc1OC(=O)c1ccc(Cl)cc1. The van der Waals surface area contributed by atoms with Crippen molar-refractivity contribution in [3.63, 3.8) is 0 Å². The molecule has 0 aliphatic carbocycles. The van der Waals surface area contributed by atoms with E-state index in [9.17, 15) is 9.59 Å². The number of carbonyl (C=O) groups excluding carboxylic acids is 2. The average Bonchev–Trinajstić information content (AvgIpc) is 2.82. The first kappa shape index (κ1) is 25.4. The van der Waals surface area contributed by atoms with Gasteiger partial charge in [-0.25, -0.2) is 10.2 Å². The molecule has 0 spiro atoms. The number of amides is 1. The van der Waals surface area contributed by atoms with E-state index in [2.05, 4.69) is 10.5 Å². The number of hydrogen-bond donors (Lipinski definition) is 1. The second kappa shape index (κ2) is 12.3. The zero-order chi connectivity index (χ0) is 24.5. The van der Waals surface area contributed by atoms with Crippen LogP contribution in [0.4, 0.5) is 0 Å². The van der Waals surface area contributed by atoms with Gasteiger partial charge in [0.1, 0.15) is 10.8 Å². The number of halogens is 3. The number of rotatable bonds is 9. The molecule has 34 heavy (non-hydrogen) atoms. The molecule has 7 nitrogen and oxygen atoms in total. The summed E-state index contributed by atoms with van der Waals surface area (Å²) in [6.45, 7) is 1.85. The lowest BCUT2D eigenvalue weighted by Crippen LogP contribution is -2.24. The van der Waals surface area contributed by atoms with Crippen LogP contribution in [0.15, 0.2) is 65.8 Å². The lowest BCUT2D eigenvalue weighted by molar-refractivity contribution is -0.123. The second-order valence-electron chi connectivity index (χ2n) is 6.67. The van der Waals surface area contributed by atoms with E-state index in [0.29, 0.717) is 39.3 Å². The summed E-state index contributed by atoms with van der Waals surface area (Å²) in [7, 11) is 0. The highest BCUT2D eigenvalue weighted by molar-refractivity contribution is 6.42. The highest BCUT2D eigenvalue weighted by atomic mass is 35.5. The van der Waals surface area contributed by atoms with Crippen molar-refractivity contribution in [2.24, 2.45) is 5.10 Å². The third-order valence-corrected chi connectivity index (χ3v) is 5.28. The lowest BCUT2D eigenvalue weighted by Gasteiger charge is -2.11. The maximum absolute atomic E-state index is 12.4. The van der Waals surface area contributed by atoms with E-state index in [0.717, 1.165) is 0 Å². The van der Waals surface area contributed by atoms with Crippen LogP contribution < -0.4 is 19.6 Å². The van der Waals surface area contributed by atoms with Crippen molar-refractivity contribution in [2.45, 2.75) is 6.92 Å². The van der Waals surface area contributed by atoms with Gasteiger partial charge in [-0.15, -0.1) is 0 Å².